The standard InChI is InChI=1S/C21H26N6O5/c22-18-17-11(3-6-14(17)26-21(23)27-18)9-10-24-13-4-1-12(2-5-13)19(30)25-15(20(31)32)7-8-16(28)29/h1-2,4-5,11,15,24H,3,6-10H2,(H,25,30)(H,28,29)(H,31,32)(H4,22,23,26,27)/t11?,15-/m0/s1. The first-order valence-corrected chi connectivity index (χ1v) is 10.3. The molecule has 0 spiro atoms. The van der Waals surface area contributed by atoms with Gasteiger partial charge in [-0.05, 0) is 55.9 Å². The van der Waals surface area contributed by atoms with Gasteiger partial charge in [0.25, 0.3) is 5.91 Å². The van der Waals surface area contributed by atoms with Crippen molar-refractivity contribution in [1.29, 1.82) is 0 Å². The van der Waals surface area contributed by atoms with Crippen LogP contribution in [-0.2, 0) is 16.0 Å². The average molecular weight is 442 g/mol. The highest BCUT2D eigenvalue weighted by atomic mass is 16.4. The third-order valence-electron chi connectivity index (χ3n) is 5.43. The summed E-state index contributed by atoms with van der Waals surface area (Å²) in [5, 5.41) is 23.5. The molecule has 0 saturated carbocycles. The molecule has 1 aromatic heterocycles. The second-order valence-corrected chi connectivity index (χ2v) is 7.65. The Morgan fingerprint density at radius 2 is 1.84 bits per heavy atom. The molecule has 0 radical (unpaired) electrons. The minimum atomic E-state index is -1.28. The number of hydrogen-bond acceptors (Lipinski definition) is 8. The molecule has 1 aliphatic rings. The van der Waals surface area contributed by atoms with E-state index in [1.807, 2.05) is 0 Å². The number of nitrogen functional groups attached to an aromatic ring is 2. The predicted octanol–water partition coefficient (Wildman–Crippen LogP) is 1.22. The number of carboxylic acids is 2. The Labute approximate surface area is 184 Å². The highest BCUT2D eigenvalue weighted by Crippen LogP contribution is 2.37. The maximum atomic E-state index is 12.3. The molecular weight excluding hydrogens is 416 g/mol. The van der Waals surface area contributed by atoms with Crippen molar-refractivity contribution in [2.75, 3.05) is 23.3 Å². The van der Waals surface area contributed by atoms with Crippen LogP contribution in [0.4, 0.5) is 17.5 Å². The van der Waals surface area contributed by atoms with Crippen molar-refractivity contribution in [3.63, 3.8) is 0 Å². The first kappa shape index (κ1) is 22.8. The molecular formula is C21H26N6O5. The van der Waals surface area contributed by atoms with Gasteiger partial charge in [0.05, 0.1) is 5.69 Å². The quantitative estimate of drug-likeness (QED) is 0.311. The van der Waals surface area contributed by atoms with Gasteiger partial charge in [0.1, 0.15) is 11.9 Å². The van der Waals surface area contributed by atoms with Crippen LogP contribution in [0.5, 0.6) is 0 Å². The van der Waals surface area contributed by atoms with Crippen molar-refractivity contribution in [3.8, 4) is 0 Å². The van der Waals surface area contributed by atoms with E-state index in [-0.39, 0.29) is 30.3 Å². The summed E-state index contributed by atoms with van der Waals surface area (Å²) in [7, 11) is 0. The van der Waals surface area contributed by atoms with Crippen molar-refractivity contribution in [2.24, 2.45) is 0 Å². The number of nitrogens with one attached hydrogen (secondary N) is 2. The molecule has 0 bridgehead atoms. The van der Waals surface area contributed by atoms with Gasteiger partial charge in [-0.3, -0.25) is 9.59 Å². The summed E-state index contributed by atoms with van der Waals surface area (Å²) in [5.74, 6) is -2.09. The molecule has 8 N–H and O–H groups in total. The summed E-state index contributed by atoms with van der Waals surface area (Å²) in [6, 6.07) is 5.34. The van der Waals surface area contributed by atoms with Gasteiger partial charge < -0.3 is 32.3 Å². The zero-order valence-electron chi connectivity index (χ0n) is 17.4. The van der Waals surface area contributed by atoms with Crippen LogP contribution in [0.15, 0.2) is 24.3 Å². The number of benzene rings is 1. The number of amides is 1. The van der Waals surface area contributed by atoms with Gasteiger partial charge in [-0.1, -0.05) is 0 Å². The van der Waals surface area contributed by atoms with Gasteiger partial charge in [-0.15, -0.1) is 0 Å². The zero-order chi connectivity index (χ0) is 23.3. The molecule has 170 valence electrons. The molecule has 1 amide bonds. The fourth-order valence-corrected chi connectivity index (χ4v) is 3.83. The lowest BCUT2D eigenvalue weighted by atomic mass is 9.99. The first-order chi connectivity index (χ1) is 15.2. The monoisotopic (exact) mass is 442 g/mol. The predicted molar refractivity (Wildman–Crippen MR) is 117 cm³/mol. The molecule has 1 unspecified atom stereocenters. The summed E-state index contributed by atoms with van der Waals surface area (Å²) in [4.78, 5) is 42.5. The molecule has 3 rings (SSSR count). The van der Waals surface area contributed by atoms with Crippen LogP contribution in [0.2, 0.25) is 0 Å². The number of hydrogen-bond donors (Lipinski definition) is 6. The number of nitrogens with zero attached hydrogens (tertiary/aromatic N) is 2. The van der Waals surface area contributed by atoms with Crippen LogP contribution in [-0.4, -0.2) is 50.6 Å². The summed E-state index contributed by atoms with van der Waals surface area (Å²) in [5.41, 5.74) is 14.7. The molecule has 1 aromatic carbocycles. The maximum Gasteiger partial charge on any atom is 0.326 e. The van der Waals surface area contributed by atoms with Crippen molar-refractivity contribution in [1.82, 2.24) is 15.3 Å². The van der Waals surface area contributed by atoms with Crippen LogP contribution in [0.25, 0.3) is 0 Å². The molecule has 0 saturated heterocycles. The number of aryl methyl sites for hydroxylation is 1. The van der Waals surface area contributed by atoms with Gasteiger partial charge in [0.2, 0.25) is 5.95 Å². The highest BCUT2D eigenvalue weighted by Gasteiger charge is 2.27. The minimum Gasteiger partial charge on any atom is -0.481 e. The number of nitrogens with two attached hydrogens (primary N) is 2. The average Bonchev–Trinajstić information content (AvgIpc) is 3.14. The Kier molecular flexibility index (Phi) is 7.08. The molecule has 11 nitrogen and oxygen atoms in total. The molecule has 2 aromatic rings. The number of anilines is 3. The minimum absolute atomic E-state index is 0.192. The van der Waals surface area contributed by atoms with Crippen LogP contribution < -0.4 is 22.1 Å². The van der Waals surface area contributed by atoms with Crippen molar-refractivity contribution in [3.05, 3.63) is 41.1 Å². The number of fused-ring (bicyclic) bond motifs is 1. The molecule has 32 heavy (non-hydrogen) atoms. The maximum absolute atomic E-state index is 12.3. The van der Waals surface area contributed by atoms with Gasteiger partial charge >= 0.3 is 11.9 Å². The molecule has 1 aliphatic carbocycles. The molecule has 11 heteroatoms. The van der Waals surface area contributed by atoms with E-state index in [0.29, 0.717) is 12.4 Å². The molecule has 2 atom stereocenters. The van der Waals surface area contributed by atoms with Gasteiger partial charge in [0, 0.05) is 29.8 Å². The van der Waals surface area contributed by atoms with Crippen LogP contribution in [0, 0.1) is 0 Å². The van der Waals surface area contributed by atoms with E-state index < -0.39 is 23.9 Å². The van der Waals surface area contributed by atoms with E-state index in [1.165, 1.54) is 0 Å². The fraction of sp³-hybridized carbons (Fsp3) is 0.381. The Hall–Kier alpha value is -3.89. The Balaban J connectivity index is 1.52. The van der Waals surface area contributed by atoms with E-state index >= 15 is 0 Å². The first-order valence-electron chi connectivity index (χ1n) is 10.3. The lowest BCUT2D eigenvalue weighted by Gasteiger charge is -2.15. The molecule has 1 heterocycles. The lowest BCUT2D eigenvalue weighted by Crippen LogP contribution is -2.41. The number of rotatable bonds is 10. The van der Waals surface area contributed by atoms with E-state index in [9.17, 15) is 14.4 Å². The fourth-order valence-electron chi connectivity index (χ4n) is 3.83. The van der Waals surface area contributed by atoms with Crippen LogP contribution in [0.3, 0.4) is 0 Å². The molecule has 0 aliphatic heterocycles. The summed E-state index contributed by atoms with van der Waals surface area (Å²) in [6.45, 7) is 0.676. The number of carbonyl (C=O) groups excluding carboxylic acids is 1. The van der Waals surface area contributed by atoms with Gasteiger partial charge in [-0.25, -0.2) is 9.78 Å². The third-order valence-corrected chi connectivity index (χ3v) is 5.43. The highest BCUT2D eigenvalue weighted by molar-refractivity contribution is 5.96. The van der Waals surface area contributed by atoms with Gasteiger partial charge in [-0.2, -0.15) is 4.98 Å². The summed E-state index contributed by atoms with van der Waals surface area (Å²) in [6.07, 6.45) is 2.05. The van der Waals surface area contributed by atoms with Crippen molar-refractivity contribution >= 4 is 35.3 Å². The summed E-state index contributed by atoms with van der Waals surface area (Å²) < 4.78 is 0. The van der Waals surface area contributed by atoms with Crippen molar-refractivity contribution in [2.45, 2.75) is 44.1 Å². The summed E-state index contributed by atoms with van der Waals surface area (Å²) >= 11 is 0. The van der Waals surface area contributed by atoms with Crippen LogP contribution >= 0.6 is 0 Å². The SMILES string of the molecule is Nc1nc(N)c2c(n1)CCC2CCNc1ccc(C(=O)N[C@@H](CCC(=O)O)C(=O)O)cc1. The zero-order valence-corrected chi connectivity index (χ0v) is 17.4. The number of aliphatic carboxylic acids is 2. The molecule has 0 fully saturated rings. The number of carboxylic acid groups (broad SMARTS) is 2. The van der Waals surface area contributed by atoms with E-state index in [1.54, 1.807) is 24.3 Å². The number of carbonyl (C=O) groups is 3. The van der Waals surface area contributed by atoms with E-state index in [4.69, 9.17) is 21.7 Å². The Morgan fingerprint density at radius 3 is 2.50 bits per heavy atom. The third kappa shape index (κ3) is 5.62. The topological polar surface area (TPSA) is 194 Å². The second kappa shape index (κ2) is 9.94. The van der Waals surface area contributed by atoms with Crippen LogP contribution in [0.1, 0.15) is 53.2 Å². The normalized spacial score (nSPS) is 15.6. The van der Waals surface area contributed by atoms with E-state index in [2.05, 4.69) is 20.6 Å². The van der Waals surface area contributed by atoms with Crippen molar-refractivity contribution < 1.29 is 24.6 Å². The Morgan fingerprint density at radius 1 is 1.12 bits per heavy atom. The smallest absolute Gasteiger partial charge is 0.326 e. The lowest BCUT2D eigenvalue weighted by molar-refractivity contribution is -0.140. The van der Waals surface area contributed by atoms with Gasteiger partial charge in [0.15, 0.2) is 0 Å². The second-order valence-electron chi connectivity index (χ2n) is 7.65. The largest absolute Gasteiger partial charge is 0.481 e. The van der Waals surface area contributed by atoms with E-state index in [0.717, 1.165) is 36.2 Å². The number of aromatic nitrogens is 2. The Bertz CT molecular complexity index is 1010.